The number of aryl methyl sites for hydroxylation is 1. The Labute approximate surface area is 161 Å². The minimum atomic E-state index is -0.919. The van der Waals surface area contributed by atoms with Crippen LogP contribution in [-0.2, 0) is 7.05 Å². The van der Waals surface area contributed by atoms with E-state index in [9.17, 15) is 9.90 Å². The van der Waals surface area contributed by atoms with E-state index in [1.54, 1.807) is 0 Å². The van der Waals surface area contributed by atoms with Crippen molar-refractivity contribution >= 4 is 34.4 Å². The Morgan fingerprint density at radius 1 is 1.04 bits per heavy atom. The molecule has 2 aromatic carbocycles. The second-order valence-corrected chi connectivity index (χ2v) is 9.17. The molecule has 1 fully saturated rings. The maximum atomic E-state index is 13.4. The fraction of sp³-hybridized carbons (Fsp3) is 0.286. The van der Waals surface area contributed by atoms with Gasteiger partial charge in [0, 0.05) is 12.4 Å². The van der Waals surface area contributed by atoms with Gasteiger partial charge in [-0.05, 0) is 35.6 Å². The zero-order valence-corrected chi connectivity index (χ0v) is 16.2. The van der Waals surface area contributed by atoms with Gasteiger partial charge in [-0.1, -0.05) is 42.5 Å². The molecule has 1 N–H and O–H groups in total. The van der Waals surface area contributed by atoms with Crippen LogP contribution in [0.3, 0.4) is 0 Å². The van der Waals surface area contributed by atoms with E-state index in [0.717, 1.165) is 28.3 Å². The summed E-state index contributed by atoms with van der Waals surface area (Å²) >= 11 is 3.73. The Bertz CT molecular complexity index is 978. The molecule has 1 aromatic heterocycles. The number of aliphatic hydroxyl groups excluding tert-OH is 1. The first-order valence-electron chi connectivity index (χ1n) is 8.76. The molecule has 2 heterocycles. The zero-order valence-electron chi connectivity index (χ0n) is 14.6. The molecule has 0 saturated carbocycles. The molecule has 1 atom stereocenters. The van der Waals surface area contributed by atoms with Crippen LogP contribution in [0.5, 0.6) is 0 Å². The highest BCUT2D eigenvalue weighted by Gasteiger charge is 2.29. The summed E-state index contributed by atoms with van der Waals surface area (Å²) in [4.78, 5) is 13.4. The Hall–Kier alpha value is -1.69. The number of aromatic nitrogens is 1. The van der Waals surface area contributed by atoms with Gasteiger partial charge in [0.05, 0.1) is 21.4 Å². The van der Waals surface area contributed by atoms with Gasteiger partial charge in [-0.2, -0.15) is 0 Å². The van der Waals surface area contributed by atoms with Crippen molar-refractivity contribution in [1.82, 2.24) is 4.57 Å². The van der Waals surface area contributed by atoms with E-state index in [2.05, 4.69) is 4.57 Å². The lowest BCUT2D eigenvalue weighted by molar-refractivity contribution is 0.217. The molecule has 1 unspecified atom stereocenters. The van der Waals surface area contributed by atoms with Gasteiger partial charge in [0.2, 0.25) is 0 Å². The number of pyridine rings is 1. The summed E-state index contributed by atoms with van der Waals surface area (Å²) in [5.41, 5.74) is 3.08. The van der Waals surface area contributed by atoms with Gasteiger partial charge in [-0.25, -0.2) is 0 Å². The van der Waals surface area contributed by atoms with E-state index in [0.29, 0.717) is 10.9 Å². The molecular formula is C21H21NO2S2. The monoisotopic (exact) mass is 383 g/mol. The summed E-state index contributed by atoms with van der Waals surface area (Å²) in [5.74, 6) is 2.17. The number of aliphatic hydroxyl groups is 1. The van der Waals surface area contributed by atoms with Crippen molar-refractivity contribution in [1.29, 1.82) is 0 Å². The predicted octanol–water partition coefficient (Wildman–Crippen LogP) is 4.49. The average molecular weight is 384 g/mol. The fourth-order valence-corrected chi connectivity index (χ4v) is 6.61. The first-order chi connectivity index (χ1) is 12.7. The fourth-order valence-electron chi connectivity index (χ4n) is 3.53. The van der Waals surface area contributed by atoms with Gasteiger partial charge in [0.25, 0.3) is 0 Å². The lowest BCUT2D eigenvalue weighted by Crippen LogP contribution is -2.24. The number of nitrogens with zero attached hydrogens (tertiary/aromatic N) is 1. The van der Waals surface area contributed by atoms with Crippen molar-refractivity contribution in [3.8, 4) is 0 Å². The Kier molecular flexibility index (Phi) is 5.11. The highest BCUT2D eigenvalue weighted by Crippen LogP contribution is 2.46. The summed E-state index contributed by atoms with van der Waals surface area (Å²) in [7, 11) is 2.01. The first-order valence-corrected chi connectivity index (χ1v) is 10.9. The number of benzene rings is 2. The molecule has 3 aromatic rings. The molecule has 1 saturated heterocycles. The summed E-state index contributed by atoms with van der Waals surface area (Å²) in [6, 6.07) is 17.1. The topological polar surface area (TPSA) is 42.2 Å². The van der Waals surface area contributed by atoms with Crippen molar-refractivity contribution < 1.29 is 5.11 Å². The van der Waals surface area contributed by atoms with E-state index in [1.807, 2.05) is 85.2 Å². The Morgan fingerprint density at radius 2 is 1.69 bits per heavy atom. The van der Waals surface area contributed by atoms with Crippen LogP contribution in [0.25, 0.3) is 10.9 Å². The van der Waals surface area contributed by atoms with Crippen molar-refractivity contribution in [2.45, 2.75) is 17.1 Å². The number of fused-ring (bicyclic) bond motifs is 1. The molecule has 5 heteroatoms. The summed E-state index contributed by atoms with van der Waals surface area (Å²) in [6.07, 6.45) is 0.266. The van der Waals surface area contributed by atoms with Crippen LogP contribution in [0.1, 0.15) is 33.9 Å². The van der Waals surface area contributed by atoms with Crippen molar-refractivity contribution in [2.24, 2.45) is 7.05 Å². The molecule has 0 amide bonds. The normalized spacial score (nSPS) is 16.7. The number of rotatable bonds is 3. The van der Waals surface area contributed by atoms with Gasteiger partial charge >= 0.3 is 0 Å². The minimum Gasteiger partial charge on any atom is -0.383 e. The lowest BCUT2D eigenvalue weighted by Gasteiger charge is -2.28. The summed E-state index contributed by atoms with van der Waals surface area (Å²) in [5, 5.41) is 11.8. The van der Waals surface area contributed by atoms with Crippen molar-refractivity contribution in [3.05, 3.63) is 81.6 Å². The Balaban J connectivity index is 2.00. The van der Waals surface area contributed by atoms with Crippen LogP contribution in [0, 0.1) is 0 Å². The maximum absolute atomic E-state index is 13.4. The second-order valence-electron chi connectivity index (χ2n) is 6.44. The summed E-state index contributed by atoms with van der Waals surface area (Å²) in [6.45, 7) is 0. The number of para-hydroxylation sites is 1. The Morgan fingerprint density at radius 3 is 2.42 bits per heavy atom. The van der Waals surface area contributed by atoms with Gasteiger partial charge in [0.1, 0.15) is 6.10 Å². The minimum absolute atomic E-state index is 0.0585. The quantitative estimate of drug-likeness (QED) is 0.724. The third-order valence-electron chi connectivity index (χ3n) is 4.83. The largest absolute Gasteiger partial charge is 0.383 e. The van der Waals surface area contributed by atoms with Crippen molar-refractivity contribution in [3.63, 3.8) is 0 Å². The molecule has 1 aliphatic rings. The second kappa shape index (κ2) is 7.51. The smallest absolute Gasteiger partial charge is 0.195 e. The zero-order chi connectivity index (χ0) is 18.1. The first kappa shape index (κ1) is 17.7. The molecule has 0 bridgehead atoms. The molecule has 1 aliphatic heterocycles. The highest BCUT2D eigenvalue weighted by atomic mass is 32.2. The molecule has 0 spiro atoms. The van der Waals surface area contributed by atoms with Crippen LogP contribution in [0.2, 0.25) is 0 Å². The van der Waals surface area contributed by atoms with Crippen molar-refractivity contribution in [2.75, 3.05) is 11.5 Å². The van der Waals surface area contributed by atoms with Crippen LogP contribution in [-0.4, -0.2) is 21.2 Å². The van der Waals surface area contributed by atoms with Crippen LogP contribution >= 0.6 is 23.5 Å². The predicted molar refractivity (Wildman–Crippen MR) is 112 cm³/mol. The standard InChI is InChI=1S/C21H21NO2S2/c1-22-16-11-6-5-10-15(16)20(24)17(18(22)21-25-12-7-13-26-21)19(23)14-8-3-2-4-9-14/h2-6,8-11,19,21,23H,7,12-13H2,1H3. The molecule has 0 radical (unpaired) electrons. The van der Waals surface area contributed by atoms with Gasteiger partial charge in [0.15, 0.2) is 5.43 Å². The van der Waals surface area contributed by atoms with Gasteiger partial charge < -0.3 is 9.67 Å². The summed E-state index contributed by atoms with van der Waals surface area (Å²) < 4.78 is 2.27. The van der Waals surface area contributed by atoms with Gasteiger partial charge in [-0.15, -0.1) is 23.5 Å². The number of thioether (sulfide) groups is 2. The molecule has 0 aliphatic carbocycles. The molecule has 134 valence electrons. The number of hydrogen-bond donors (Lipinski definition) is 1. The highest BCUT2D eigenvalue weighted by molar-refractivity contribution is 8.16. The van der Waals surface area contributed by atoms with E-state index < -0.39 is 6.10 Å². The number of hydrogen-bond acceptors (Lipinski definition) is 4. The molecule has 26 heavy (non-hydrogen) atoms. The molecule has 4 rings (SSSR count). The van der Waals surface area contributed by atoms with E-state index >= 15 is 0 Å². The average Bonchev–Trinajstić information content (AvgIpc) is 2.71. The molecule has 3 nitrogen and oxygen atoms in total. The maximum Gasteiger partial charge on any atom is 0.195 e. The van der Waals surface area contributed by atoms with Crippen LogP contribution in [0.15, 0.2) is 59.4 Å². The van der Waals surface area contributed by atoms with E-state index in [4.69, 9.17) is 0 Å². The third kappa shape index (κ3) is 3.08. The third-order valence-corrected chi connectivity index (χ3v) is 7.75. The van der Waals surface area contributed by atoms with E-state index in [-0.39, 0.29) is 10.0 Å². The van der Waals surface area contributed by atoms with Crippen LogP contribution in [0.4, 0.5) is 0 Å². The van der Waals surface area contributed by atoms with Crippen LogP contribution < -0.4 is 5.43 Å². The molecular weight excluding hydrogens is 362 g/mol. The van der Waals surface area contributed by atoms with E-state index in [1.165, 1.54) is 6.42 Å². The lowest BCUT2D eigenvalue weighted by atomic mass is 9.97. The van der Waals surface area contributed by atoms with Gasteiger partial charge in [-0.3, -0.25) is 4.79 Å². The SMILES string of the molecule is Cn1c(C2SCCCS2)c(C(O)c2ccccc2)c(=O)c2ccccc21.